The van der Waals surface area contributed by atoms with Gasteiger partial charge in [0.05, 0.1) is 0 Å². The molecular weight excluding hydrogens is 391 g/mol. The molecule has 0 radical (unpaired) electrons. The molecule has 1 saturated heterocycles. The summed E-state index contributed by atoms with van der Waals surface area (Å²) in [4.78, 5) is 17.2. The molecular formula is C15H23IN6. The summed E-state index contributed by atoms with van der Waals surface area (Å²) in [5.41, 5.74) is 6.08. The Bertz CT molecular complexity index is 517. The van der Waals surface area contributed by atoms with Gasteiger partial charge in [0.1, 0.15) is 6.04 Å². The number of nitrogens with two attached hydrogens (primary N) is 1. The number of piperazine rings is 1. The number of hydrogen-bond donors (Lipinski definition) is 1. The molecule has 7 heteroatoms. The van der Waals surface area contributed by atoms with Crippen LogP contribution in [0.5, 0.6) is 0 Å². The van der Waals surface area contributed by atoms with Crippen LogP contribution in [0.25, 0.3) is 0 Å². The Morgan fingerprint density at radius 1 is 1.27 bits per heavy atom. The van der Waals surface area contributed by atoms with E-state index < -0.39 is 0 Å². The third-order valence-electron chi connectivity index (χ3n) is 3.51. The van der Waals surface area contributed by atoms with E-state index in [-0.39, 0.29) is 35.9 Å². The van der Waals surface area contributed by atoms with Gasteiger partial charge in [-0.15, -0.1) is 30.4 Å². The number of aliphatic imine (C=N–C) groups is 1. The molecule has 0 aromatic carbocycles. The van der Waals surface area contributed by atoms with Crippen LogP contribution in [0.3, 0.4) is 0 Å². The standard InChI is InChI=1S/C15H22N6.HI/c1-4-13(12(2)3)19-14(16)20-8-10-21(11-9-20)15-17-6-5-7-18-15;/h1,5-7,12-13H,8-11H2,2-3H3,(H2,16,19);1H. The van der Waals surface area contributed by atoms with E-state index in [9.17, 15) is 0 Å². The van der Waals surface area contributed by atoms with E-state index in [4.69, 9.17) is 12.2 Å². The Morgan fingerprint density at radius 2 is 1.86 bits per heavy atom. The van der Waals surface area contributed by atoms with E-state index in [1.165, 1.54) is 0 Å². The van der Waals surface area contributed by atoms with E-state index >= 15 is 0 Å². The minimum Gasteiger partial charge on any atom is -0.370 e. The first-order chi connectivity index (χ1) is 10.1. The SMILES string of the molecule is C#CC(N=C(N)N1CCN(c2ncccn2)CC1)C(C)C.I. The highest BCUT2D eigenvalue weighted by molar-refractivity contribution is 14.0. The van der Waals surface area contributed by atoms with Crippen molar-refractivity contribution in [2.45, 2.75) is 19.9 Å². The lowest BCUT2D eigenvalue weighted by Gasteiger charge is -2.35. The average molecular weight is 414 g/mol. The molecule has 0 aliphatic carbocycles. The van der Waals surface area contributed by atoms with E-state index in [0.717, 1.165) is 32.1 Å². The maximum Gasteiger partial charge on any atom is 0.225 e. The van der Waals surface area contributed by atoms with Gasteiger partial charge in [-0.2, -0.15) is 0 Å². The molecule has 0 amide bonds. The summed E-state index contributed by atoms with van der Waals surface area (Å²) in [6.07, 6.45) is 9.00. The largest absolute Gasteiger partial charge is 0.370 e. The minimum atomic E-state index is -0.166. The van der Waals surface area contributed by atoms with Crippen LogP contribution in [0.1, 0.15) is 13.8 Å². The van der Waals surface area contributed by atoms with Gasteiger partial charge >= 0.3 is 0 Å². The van der Waals surface area contributed by atoms with E-state index in [1.54, 1.807) is 12.4 Å². The molecule has 1 fully saturated rings. The molecule has 2 rings (SSSR count). The first-order valence-corrected chi connectivity index (χ1v) is 7.18. The number of aromatic nitrogens is 2. The highest BCUT2D eigenvalue weighted by atomic mass is 127. The van der Waals surface area contributed by atoms with Gasteiger partial charge in [0.25, 0.3) is 0 Å². The Balaban J connectivity index is 0.00000242. The van der Waals surface area contributed by atoms with Crippen molar-refractivity contribution in [3.05, 3.63) is 18.5 Å². The number of hydrogen-bond acceptors (Lipinski definition) is 4. The Labute approximate surface area is 149 Å². The fraction of sp³-hybridized carbons (Fsp3) is 0.533. The van der Waals surface area contributed by atoms with Crippen LogP contribution in [0.4, 0.5) is 5.95 Å². The molecule has 2 heterocycles. The zero-order valence-electron chi connectivity index (χ0n) is 13.0. The van der Waals surface area contributed by atoms with Crippen LogP contribution in [0.2, 0.25) is 0 Å². The second-order valence-electron chi connectivity index (χ2n) is 5.37. The number of guanidine groups is 1. The number of terminal acetylenes is 1. The third kappa shape index (κ3) is 4.73. The van der Waals surface area contributed by atoms with Crippen LogP contribution in [-0.4, -0.2) is 53.0 Å². The van der Waals surface area contributed by atoms with E-state index in [0.29, 0.717) is 5.96 Å². The zero-order chi connectivity index (χ0) is 15.2. The summed E-state index contributed by atoms with van der Waals surface area (Å²) in [6, 6.07) is 1.65. The van der Waals surface area contributed by atoms with Crippen molar-refractivity contribution < 1.29 is 0 Å². The maximum absolute atomic E-state index is 6.08. The third-order valence-corrected chi connectivity index (χ3v) is 3.51. The van der Waals surface area contributed by atoms with E-state index in [1.807, 2.05) is 19.9 Å². The Kier molecular flexibility index (Phi) is 7.38. The zero-order valence-corrected chi connectivity index (χ0v) is 15.3. The Morgan fingerprint density at radius 3 is 2.36 bits per heavy atom. The molecule has 1 aromatic heterocycles. The summed E-state index contributed by atoms with van der Waals surface area (Å²) in [5.74, 6) is 4.25. The van der Waals surface area contributed by atoms with E-state index in [2.05, 4.69) is 30.7 Å². The van der Waals surface area contributed by atoms with Crippen molar-refractivity contribution in [3.8, 4) is 12.3 Å². The summed E-state index contributed by atoms with van der Waals surface area (Å²) in [6.45, 7) is 7.33. The summed E-state index contributed by atoms with van der Waals surface area (Å²) in [7, 11) is 0. The lowest BCUT2D eigenvalue weighted by molar-refractivity contribution is 0.375. The van der Waals surface area contributed by atoms with Crippen molar-refractivity contribution in [3.63, 3.8) is 0 Å². The highest BCUT2D eigenvalue weighted by Crippen LogP contribution is 2.10. The fourth-order valence-electron chi connectivity index (χ4n) is 2.19. The van der Waals surface area contributed by atoms with Gasteiger partial charge in [-0.25, -0.2) is 15.0 Å². The minimum absolute atomic E-state index is 0. The average Bonchev–Trinajstić information content (AvgIpc) is 2.53. The number of rotatable bonds is 3. The van der Waals surface area contributed by atoms with Crippen molar-refractivity contribution >= 4 is 35.9 Å². The molecule has 0 spiro atoms. The second-order valence-corrected chi connectivity index (χ2v) is 5.37. The van der Waals surface area contributed by atoms with Gasteiger partial charge in [0, 0.05) is 38.6 Å². The van der Waals surface area contributed by atoms with Gasteiger partial charge in [-0.3, -0.25) is 0 Å². The molecule has 1 aliphatic heterocycles. The summed E-state index contributed by atoms with van der Waals surface area (Å²) in [5, 5.41) is 0. The number of halogens is 1. The molecule has 1 atom stereocenters. The van der Waals surface area contributed by atoms with Crippen LogP contribution >= 0.6 is 24.0 Å². The monoisotopic (exact) mass is 414 g/mol. The van der Waals surface area contributed by atoms with Crippen LogP contribution in [0.15, 0.2) is 23.5 Å². The van der Waals surface area contributed by atoms with Gasteiger partial charge in [0.15, 0.2) is 5.96 Å². The van der Waals surface area contributed by atoms with Gasteiger partial charge in [-0.05, 0) is 12.0 Å². The molecule has 6 nitrogen and oxygen atoms in total. The smallest absolute Gasteiger partial charge is 0.225 e. The molecule has 1 aromatic rings. The van der Waals surface area contributed by atoms with Crippen LogP contribution < -0.4 is 10.6 Å². The summed E-state index contributed by atoms with van der Waals surface area (Å²) >= 11 is 0. The number of anilines is 1. The molecule has 0 saturated carbocycles. The topological polar surface area (TPSA) is 70.6 Å². The van der Waals surface area contributed by atoms with Crippen molar-refractivity contribution in [2.24, 2.45) is 16.6 Å². The predicted octanol–water partition coefficient (Wildman–Crippen LogP) is 1.19. The lowest BCUT2D eigenvalue weighted by atomic mass is 10.1. The molecule has 22 heavy (non-hydrogen) atoms. The molecule has 1 unspecified atom stereocenters. The van der Waals surface area contributed by atoms with Gasteiger partial charge in [0.2, 0.25) is 5.95 Å². The lowest BCUT2D eigenvalue weighted by Crippen LogP contribution is -2.52. The first kappa shape index (κ1) is 18.5. The molecule has 120 valence electrons. The van der Waals surface area contributed by atoms with Crippen LogP contribution in [0, 0.1) is 18.3 Å². The maximum atomic E-state index is 6.08. The van der Waals surface area contributed by atoms with Gasteiger partial charge < -0.3 is 15.5 Å². The molecule has 1 aliphatic rings. The quantitative estimate of drug-likeness (QED) is 0.348. The fourth-order valence-corrected chi connectivity index (χ4v) is 2.19. The normalized spacial score (nSPS) is 16.9. The van der Waals surface area contributed by atoms with Gasteiger partial charge in [-0.1, -0.05) is 19.8 Å². The van der Waals surface area contributed by atoms with Crippen molar-refractivity contribution in [2.75, 3.05) is 31.1 Å². The number of nitrogens with zero attached hydrogens (tertiary/aromatic N) is 5. The molecule has 0 bridgehead atoms. The van der Waals surface area contributed by atoms with Crippen molar-refractivity contribution in [1.82, 2.24) is 14.9 Å². The second kappa shape index (κ2) is 8.78. The first-order valence-electron chi connectivity index (χ1n) is 7.18. The van der Waals surface area contributed by atoms with Crippen molar-refractivity contribution in [1.29, 1.82) is 0 Å². The predicted molar refractivity (Wildman–Crippen MR) is 100 cm³/mol. The molecule has 2 N–H and O–H groups in total. The van der Waals surface area contributed by atoms with Crippen LogP contribution in [-0.2, 0) is 0 Å². The summed E-state index contributed by atoms with van der Waals surface area (Å²) < 4.78 is 0. The highest BCUT2D eigenvalue weighted by Gasteiger charge is 2.20. The Hall–Kier alpha value is -1.56.